The van der Waals surface area contributed by atoms with E-state index in [0.29, 0.717) is 0 Å². The van der Waals surface area contributed by atoms with Gasteiger partial charge in [0.25, 0.3) is 0 Å². The van der Waals surface area contributed by atoms with Gasteiger partial charge in [-0.3, -0.25) is 4.98 Å². The first-order valence-corrected chi connectivity index (χ1v) is 3.55. The highest BCUT2D eigenvalue weighted by atomic mass is 14.8. The molecule has 0 amide bonds. The van der Waals surface area contributed by atoms with Gasteiger partial charge in [-0.1, -0.05) is 12.1 Å². The Bertz CT molecular complexity index is 255. The van der Waals surface area contributed by atoms with Gasteiger partial charge in [-0.15, -0.1) is 6.58 Å². The molecule has 0 unspecified atom stereocenters. The van der Waals surface area contributed by atoms with Gasteiger partial charge in [-0.05, 0) is 19.1 Å². The van der Waals surface area contributed by atoms with Crippen LogP contribution in [0.3, 0.4) is 0 Å². The monoisotopic (exact) mass is 148 g/mol. The fraction of sp³-hybridized carbons (Fsp3) is 0.222. The Hall–Kier alpha value is -1.15. The lowest BCUT2D eigenvalue weighted by Crippen LogP contribution is -2.08. The maximum atomic E-state index is 5.68. The maximum Gasteiger partial charge on any atom is 0.0653 e. The minimum atomic E-state index is -0.144. The number of hydrogen-bond donors (Lipinski definition) is 1. The first-order valence-electron chi connectivity index (χ1n) is 3.55. The van der Waals surface area contributed by atoms with Crippen molar-refractivity contribution in [2.24, 2.45) is 5.73 Å². The number of hydrogen-bond acceptors (Lipinski definition) is 2. The van der Waals surface area contributed by atoms with Crippen LogP contribution in [0.1, 0.15) is 17.4 Å². The first kappa shape index (κ1) is 7.95. The Morgan fingerprint density at radius 3 is 2.91 bits per heavy atom. The van der Waals surface area contributed by atoms with E-state index in [1.807, 2.05) is 25.1 Å². The molecule has 0 radical (unpaired) electrons. The Morgan fingerprint density at radius 2 is 2.36 bits per heavy atom. The number of aryl methyl sites for hydroxylation is 1. The van der Waals surface area contributed by atoms with Crippen molar-refractivity contribution in [1.29, 1.82) is 0 Å². The molecule has 0 bridgehead atoms. The third-order valence-electron chi connectivity index (χ3n) is 1.51. The second-order valence-electron chi connectivity index (χ2n) is 2.47. The van der Waals surface area contributed by atoms with Crippen LogP contribution < -0.4 is 5.73 Å². The standard InChI is InChI=1S/C9H12N2/c1-3-8(10)9-6-4-5-7(2)11-9/h3-6,8H,1,10H2,2H3/t8-/m0/s1. The van der Waals surface area contributed by atoms with E-state index >= 15 is 0 Å². The van der Waals surface area contributed by atoms with Crippen LogP contribution in [0.2, 0.25) is 0 Å². The molecule has 1 aromatic heterocycles. The summed E-state index contributed by atoms with van der Waals surface area (Å²) in [4.78, 5) is 4.25. The molecule has 1 heterocycles. The average Bonchev–Trinajstić information content (AvgIpc) is 2.03. The molecule has 2 N–H and O–H groups in total. The van der Waals surface area contributed by atoms with Crippen molar-refractivity contribution in [3.63, 3.8) is 0 Å². The molecule has 11 heavy (non-hydrogen) atoms. The molecule has 0 aromatic carbocycles. The fourth-order valence-electron chi connectivity index (χ4n) is 0.871. The molecule has 0 spiro atoms. The highest BCUT2D eigenvalue weighted by Crippen LogP contribution is 2.07. The van der Waals surface area contributed by atoms with Crippen molar-refractivity contribution in [2.45, 2.75) is 13.0 Å². The number of nitrogens with two attached hydrogens (primary N) is 1. The van der Waals surface area contributed by atoms with Crippen LogP contribution in [0.4, 0.5) is 0 Å². The summed E-state index contributed by atoms with van der Waals surface area (Å²) in [7, 11) is 0. The Kier molecular flexibility index (Phi) is 2.39. The van der Waals surface area contributed by atoms with Crippen LogP contribution in [0.5, 0.6) is 0 Å². The van der Waals surface area contributed by atoms with Crippen molar-refractivity contribution in [2.75, 3.05) is 0 Å². The number of nitrogens with zero attached hydrogens (tertiary/aromatic N) is 1. The van der Waals surface area contributed by atoms with Gasteiger partial charge in [0.1, 0.15) is 0 Å². The first-order chi connectivity index (χ1) is 5.24. The van der Waals surface area contributed by atoms with Gasteiger partial charge in [-0.2, -0.15) is 0 Å². The third kappa shape index (κ3) is 1.88. The molecule has 0 fully saturated rings. The number of aromatic nitrogens is 1. The number of rotatable bonds is 2. The van der Waals surface area contributed by atoms with Crippen LogP contribution in [0.15, 0.2) is 30.9 Å². The van der Waals surface area contributed by atoms with Crippen molar-refractivity contribution < 1.29 is 0 Å². The molecule has 0 aliphatic rings. The van der Waals surface area contributed by atoms with Crippen LogP contribution in [0.25, 0.3) is 0 Å². The molecule has 58 valence electrons. The van der Waals surface area contributed by atoms with E-state index in [4.69, 9.17) is 5.73 Å². The smallest absolute Gasteiger partial charge is 0.0653 e. The summed E-state index contributed by atoms with van der Waals surface area (Å²) in [6, 6.07) is 5.65. The maximum absolute atomic E-state index is 5.68. The van der Waals surface area contributed by atoms with Gasteiger partial charge in [-0.25, -0.2) is 0 Å². The summed E-state index contributed by atoms with van der Waals surface area (Å²) in [6.45, 7) is 5.55. The van der Waals surface area contributed by atoms with E-state index in [1.54, 1.807) is 6.08 Å². The minimum Gasteiger partial charge on any atom is -0.319 e. The molecule has 2 nitrogen and oxygen atoms in total. The molecular weight excluding hydrogens is 136 g/mol. The van der Waals surface area contributed by atoms with Crippen LogP contribution in [-0.4, -0.2) is 4.98 Å². The minimum absolute atomic E-state index is 0.144. The van der Waals surface area contributed by atoms with Crippen molar-refractivity contribution >= 4 is 0 Å². The van der Waals surface area contributed by atoms with E-state index in [9.17, 15) is 0 Å². The second kappa shape index (κ2) is 3.30. The lowest BCUT2D eigenvalue weighted by molar-refractivity contribution is 0.855. The van der Waals surface area contributed by atoms with Gasteiger partial charge < -0.3 is 5.73 Å². The predicted octanol–water partition coefficient (Wildman–Crippen LogP) is 1.58. The van der Waals surface area contributed by atoms with Crippen LogP contribution in [0, 0.1) is 6.92 Å². The van der Waals surface area contributed by atoms with Crippen molar-refractivity contribution in [1.82, 2.24) is 4.98 Å². The molecule has 0 saturated heterocycles. The Balaban J connectivity index is 2.95. The molecule has 0 aliphatic heterocycles. The summed E-state index contributed by atoms with van der Waals surface area (Å²) in [5.74, 6) is 0. The van der Waals surface area contributed by atoms with Crippen molar-refractivity contribution in [3.8, 4) is 0 Å². The summed E-state index contributed by atoms with van der Waals surface area (Å²) in [5, 5.41) is 0. The van der Waals surface area contributed by atoms with E-state index in [0.717, 1.165) is 11.4 Å². The molecular formula is C9H12N2. The third-order valence-corrected chi connectivity index (χ3v) is 1.51. The highest BCUT2D eigenvalue weighted by Gasteiger charge is 2.00. The normalized spacial score (nSPS) is 12.5. The zero-order valence-corrected chi connectivity index (χ0v) is 6.62. The largest absolute Gasteiger partial charge is 0.319 e. The lowest BCUT2D eigenvalue weighted by atomic mass is 10.2. The molecule has 1 aromatic rings. The predicted molar refractivity (Wildman–Crippen MR) is 46.1 cm³/mol. The highest BCUT2D eigenvalue weighted by molar-refractivity contribution is 5.16. The van der Waals surface area contributed by atoms with Crippen molar-refractivity contribution in [3.05, 3.63) is 42.2 Å². The van der Waals surface area contributed by atoms with E-state index in [2.05, 4.69) is 11.6 Å². The Labute approximate surface area is 66.8 Å². The topological polar surface area (TPSA) is 38.9 Å². The summed E-state index contributed by atoms with van der Waals surface area (Å²) in [5.41, 5.74) is 7.54. The lowest BCUT2D eigenvalue weighted by Gasteiger charge is -2.04. The van der Waals surface area contributed by atoms with E-state index < -0.39 is 0 Å². The summed E-state index contributed by atoms with van der Waals surface area (Å²) in [6.07, 6.45) is 1.68. The zero-order valence-electron chi connectivity index (χ0n) is 6.62. The molecule has 0 saturated carbocycles. The fourth-order valence-corrected chi connectivity index (χ4v) is 0.871. The molecule has 2 heteroatoms. The molecule has 1 rings (SSSR count). The molecule has 0 aliphatic carbocycles. The van der Waals surface area contributed by atoms with Gasteiger partial charge in [0.15, 0.2) is 0 Å². The second-order valence-corrected chi connectivity index (χ2v) is 2.47. The molecule has 1 atom stereocenters. The zero-order chi connectivity index (χ0) is 8.27. The summed E-state index contributed by atoms with van der Waals surface area (Å²) >= 11 is 0. The number of pyridine rings is 1. The Morgan fingerprint density at radius 1 is 1.64 bits per heavy atom. The van der Waals surface area contributed by atoms with Gasteiger partial charge >= 0.3 is 0 Å². The van der Waals surface area contributed by atoms with Gasteiger partial charge in [0.05, 0.1) is 11.7 Å². The van der Waals surface area contributed by atoms with E-state index in [1.165, 1.54) is 0 Å². The van der Waals surface area contributed by atoms with Crippen LogP contribution in [-0.2, 0) is 0 Å². The SMILES string of the molecule is C=C[C@H](N)c1cccc(C)n1. The average molecular weight is 148 g/mol. The van der Waals surface area contributed by atoms with E-state index in [-0.39, 0.29) is 6.04 Å². The van der Waals surface area contributed by atoms with Crippen LogP contribution >= 0.6 is 0 Å². The summed E-state index contributed by atoms with van der Waals surface area (Å²) < 4.78 is 0. The van der Waals surface area contributed by atoms with Gasteiger partial charge in [0, 0.05) is 5.69 Å². The van der Waals surface area contributed by atoms with Gasteiger partial charge in [0.2, 0.25) is 0 Å². The quantitative estimate of drug-likeness (QED) is 0.646.